The molecule has 5 heteroatoms. The fraction of sp³-hybridized carbons (Fsp3) is 0.727. The van der Waals surface area contributed by atoms with Crippen molar-refractivity contribution in [2.45, 2.75) is 34.1 Å². The maximum absolute atomic E-state index is 12.0. The highest BCUT2D eigenvalue weighted by Crippen LogP contribution is 2.24. The molecule has 4 amide bonds. The third kappa shape index (κ3) is 2.08. The highest BCUT2D eigenvalue weighted by molar-refractivity contribution is 6.18. The van der Waals surface area contributed by atoms with Crippen LogP contribution in [0.1, 0.15) is 34.1 Å². The normalized spacial score (nSPS) is 22.0. The Kier molecular flexibility index (Phi) is 3.35. The first kappa shape index (κ1) is 12.7. The van der Waals surface area contributed by atoms with Crippen molar-refractivity contribution in [1.29, 1.82) is 0 Å². The van der Waals surface area contributed by atoms with Crippen molar-refractivity contribution in [2.75, 3.05) is 6.54 Å². The molecule has 1 saturated heterocycles. The van der Waals surface area contributed by atoms with E-state index in [9.17, 15) is 14.4 Å². The molecule has 0 aliphatic carbocycles. The van der Waals surface area contributed by atoms with Crippen LogP contribution < -0.4 is 5.32 Å². The Bertz CT molecular complexity index is 336. The van der Waals surface area contributed by atoms with Crippen LogP contribution in [0.5, 0.6) is 0 Å². The second-order valence-corrected chi connectivity index (χ2v) is 4.81. The fourth-order valence-electron chi connectivity index (χ4n) is 1.45. The van der Waals surface area contributed by atoms with Gasteiger partial charge in [0.25, 0.3) is 0 Å². The Morgan fingerprint density at radius 2 is 1.88 bits per heavy atom. The Labute approximate surface area is 95.2 Å². The standard InChI is InChI=1S/C11H18N2O3/c1-5-7(2)6-13-9(15)11(3,4)8(14)12-10(13)16/h7H,5-6H2,1-4H3,(H,12,14,16). The molecule has 0 aromatic rings. The summed E-state index contributed by atoms with van der Waals surface area (Å²) < 4.78 is 0. The van der Waals surface area contributed by atoms with Gasteiger partial charge in [-0.1, -0.05) is 20.3 Å². The Morgan fingerprint density at radius 1 is 1.31 bits per heavy atom. The molecule has 0 bridgehead atoms. The molecule has 1 heterocycles. The van der Waals surface area contributed by atoms with Gasteiger partial charge in [-0.2, -0.15) is 0 Å². The van der Waals surface area contributed by atoms with Gasteiger partial charge >= 0.3 is 6.03 Å². The minimum absolute atomic E-state index is 0.235. The molecule has 1 N–H and O–H groups in total. The quantitative estimate of drug-likeness (QED) is 0.734. The largest absolute Gasteiger partial charge is 0.330 e. The summed E-state index contributed by atoms with van der Waals surface area (Å²) in [6.07, 6.45) is 0.880. The maximum atomic E-state index is 12.0. The molecule has 1 aliphatic heterocycles. The highest BCUT2D eigenvalue weighted by Gasteiger charge is 2.46. The summed E-state index contributed by atoms with van der Waals surface area (Å²) in [4.78, 5) is 36.1. The van der Waals surface area contributed by atoms with Gasteiger partial charge in [0.1, 0.15) is 5.41 Å². The average molecular weight is 226 g/mol. The highest BCUT2D eigenvalue weighted by atomic mass is 16.2. The fourth-order valence-corrected chi connectivity index (χ4v) is 1.45. The second-order valence-electron chi connectivity index (χ2n) is 4.81. The van der Waals surface area contributed by atoms with E-state index in [1.165, 1.54) is 13.8 Å². The van der Waals surface area contributed by atoms with E-state index >= 15 is 0 Å². The first-order valence-electron chi connectivity index (χ1n) is 5.48. The molecular weight excluding hydrogens is 208 g/mol. The summed E-state index contributed by atoms with van der Waals surface area (Å²) in [5.41, 5.74) is -1.15. The van der Waals surface area contributed by atoms with Gasteiger partial charge in [-0.05, 0) is 19.8 Å². The third-order valence-corrected chi connectivity index (χ3v) is 3.00. The number of rotatable bonds is 3. The van der Waals surface area contributed by atoms with Gasteiger partial charge in [0.05, 0.1) is 0 Å². The van der Waals surface area contributed by atoms with Gasteiger partial charge < -0.3 is 0 Å². The van der Waals surface area contributed by atoms with Crippen LogP contribution >= 0.6 is 0 Å². The SMILES string of the molecule is CCC(C)CN1C(=O)NC(=O)C(C)(C)C1=O. The van der Waals surface area contributed by atoms with Gasteiger partial charge in [-0.3, -0.25) is 19.8 Å². The number of hydrogen-bond donors (Lipinski definition) is 1. The minimum atomic E-state index is -1.15. The summed E-state index contributed by atoms with van der Waals surface area (Å²) >= 11 is 0. The lowest BCUT2D eigenvalue weighted by Gasteiger charge is -2.35. The molecule has 5 nitrogen and oxygen atoms in total. The number of hydrogen-bond acceptors (Lipinski definition) is 3. The predicted molar refractivity (Wildman–Crippen MR) is 58.5 cm³/mol. The number of carbonyl (C=O) groups is 3. The molecule has 90 valence electrons. The van der Waals surface area contributed by atoms with Gasteiger partial charge in [0.15, 0.2) is 0 Å². The molecule has 1 rings (SSSR count). The summed E-state index contributed by atoms with van der Waals surface area (Å²) in [6, 6.07) is -0.602. The van der Waals surface area contributed by atoms with Crippen molar-refractivity contribution in [3.63, 3.8) is 0 Å². The zero-order valence-electron chi connectivity index (χ0n) is 10.2. The predicted octanol–water partition coefficient (Wildman–Crippen LogP) is 1.14. The molecular formula is C11H18N2O3. The lowest BCUT2D eigenvalue weighted by Crippen LogP contribution is -2.62. The number of urea groups is 1. The van der Waals surface area contributed by atoms with Crippen molar-refractivity contribution < 1.29 is 14.4 Å². The number of amides is 4. The third-order valence-electron chi connectivity index (χ3n) is 3.00. The first-order valence-corrected chi connectivity index (χ1v) is 5.48. The van der Waals surface area contributed by atoms with E-state index in [0.29, 0.717) is 6.54 Å². The topological polar surface area (TPSA) is 66.5 Å². The van der Waals surface area contributed by atoms with E-state index in [-0.39, 0.29) is 5.92 Å². The zero-order valence-corrected chi connectivity index (χ0v) is 10.2. The Hall–Kier alpha value is -1.39. The van der Waals surface area contributed by atoms with Crippen LogP contribution in [0.2, 0.25) is 0 Å². The number of nitrogens with zero attached hydrogens (tertiary/aromatic N) is 1. The maximum Gasteiger partial charge on any atom is 0.330 e. The van der Waals surface area contributed by atoms with Crippen LogP contribution in [0.25, 0.3) is 0 Å². The Morgan fingerprint density at radius 3 is 2.38 bits per heavy atom. The summed E-state index contributed by atoms with van der Waals surface area (Å²) in [5, 5.41) is 2.21. The molecule has 16 heavy (non-hydrogen) atoms. The van der Waals surface area contributed by atoms with Gasteiger partial charge in [0.2, 0.25) is 11.8 Å². The van der Waals surface area contributed by atoms with Crippen molar-refractivity contribution in [3.05, 3.63) is 0 Å². The molecule has 0 saturated carbocycles. The van der Waals surface area contributed by atoms with Gasteiger partial charge in [-0.15, -0.1) is 0 Å². The monoisotopic (exact) mass is 226 g/mol. The lowest BCUT2D eigenvalue weighted by molar-refractivity contribution is -0.149. The lowest BCUT2D eigenvalue weighted by atomic mass is 9.88. The summed E-state index contributed by atoms with van der Waals surface area (Å²) in [7, 11) is 0. The number of barbiturate groups is 1. The van der Waals surface area contributed by atoms with Gasteiger partial charge in [0, 0.05) is 6.54 Å². The molecule has 1 aliphatic rings. The van der Waals surface area contributed by atoms with E-state index in [0.717, 1.165) is 11.3 Å². The van der Waals surface area contributed by atoms with Crippen molar-refractivity contribution in [1.82, 2.24) is 10.2 Å². The molecule has 0 aromatic carbocycles. The van der Waals surface area contributed by atoms with Gasteiger partial charge in [-0.25, -0.2) is 4.79 Å². The van der Waals surface area contributed by atoms with Crippen molar-refractivity contribution in [3.8, 4) is 0 Å². The van der Waals surface area contributed by atoms with Crippen molar-refractivity contribution >= 4 is 17.8 Å². The second kappa shape index (κ2) is 4.23. The van der Waals surface area contributed by atoms with Crippen LogP contribution in [-0.4, -0.2) is 29.3 Å². The van der Waals surface area contributed by atoms with E-state index < -0.39 is 23.3 Å². The van der Waals surface area contributed by atoms with E-state index in [2.05, 4.69) is 5.32 Å². The van der Waals surface area contributed by atoms with E-state index in [1.807, 2.05) is 13.8 Å². The minimum Gasteiger partial charge on any atom is -0.277 e. The molecule has 1 atom stereocenters. The van der Waals surface area contributed by atoms with E-state index in [4.69, 9.17) is 0 Å². The number of imide groups is 2. The smallest absolute Gasteiger partial charge is 0.277 e. The number of nitrogens with one attached hydrogen (secondary N) is 1. The first-order chi connectivity index (χ1) is 7.30. The number of carbonyl (C=O) groups excluding carboxylic acids is 3. The average Bonchev–Trinajstić information content (AvgIpc) is 2.22. The molecule has 0 aromatic heterocycles. The Balaban J connectivity index is 2.89. The van der Waals surface area contributed by atoms with Crippen molar-refractivity contribution in [2.24, 2.45) is 11.3 Å². The summed E-state index contributed by atoms with van der Waals surface area (Å²) in [6.45, 7) is 7.37. The van der Waals surface area contributed by atoms with Crippen LogP contribution in [0.4, 0.5) is 4.79 Å². The summed E-state index contributed by atoms with van der Waals surface area (Å²) in [5.74, 6) is -0.705. The molecule has 1 unspecified atom stereocenters. The van der Waals surface area contributed by atoms with Crippen LogP contribution in [0.15, 0.2) is 0 Å². The van der Waals surface area contributed by atoms with Crippen LogP contribution in [-0.2, 0) is 9.59 Å². The molecule has 1 fully saturated rings. The van der Waals surface area contributed by atoms with Crippen LogP contribution in [0, 0.1) is 11.3 Å². The van der Waals surface area contributed by atoms with Crippen LogP contribution in [0.3, 0.4) is 0 Å². The molecule has 0 spiro atoms. The zero-order chi connectivity index (χ0) is 12.5. The van der Waals surface area contributed by atoms with E-state index in [1.54, 1.807) is 0 Å². The molecule has 0 radical (unpaired) electrons.